The van der Waals surface area contributed by atoms with Crippen LogP contribution >= 0.6 is 45.3 Å². The van der Waals surface area contributed by atoms with Gasteiger partial charge >= 0.3 is 0 Å². The van der Waals surface area contributed by atoms with Crippen LogP contribution in [0.25, 0.3) is 19.8 Å². The van der Waals surface area contributed by atoms with Crippen molar-refractivity contribution in [3.05, 3.63) is 90.1 Å². The van der Waals surface area contributed by atoms with Crippen molar-refractivity contribution in [3.8, 4) is 10.4 Å². The van der Waals surface area contributed by atoms with Gasteiger partial charge in [0.1, 0.15) is 0 Å². The van der Waals surface area contributed by atoms with E-state index in [1.54, 1.807) is 45.3 Å². The zero-order valence-electron chi connectivity index (χ0n) is 16.7. The summed E-state index contributed by atoms with van der Waals surface area (Å²) in [5, 5.41) is 0. The average Bonchev–Trinajstić information content (AvgIpc) is 3.52. The van der Waals surface area contributed by atoms with Crippen LogP contribution in [0, 0.1) is 6.92 Å². The Morgan fingerprint density at radius 1 is 0.710 bits per heavy atom. The van der Waals surface area contributed by atoms with Crippen molar-refractivity contribution in [2.24, 2.45) is 0 Å². The Morgan fingerprint density at radius 2 is 1.29 bits per heavy atom. The minimum Gasteiger partial charge on any atom is -0.298 e. The van der Waals surface area contributed by atoms with Crippen molar-refractivity contribution in [2.45, 2.75) is 19.8 Å². The highest BCUT2D eigenvalue weighted by Crippen LogP contribution is 2.38. The van der Waals surface area contributed by atoms with Gasteiger partial charge < -0.3 is 0 Å². The summed E-state index contributed by atoms with van der Waals surface area (Å²) in [5.74, 6) is 0. The molecule has 154 valence electrons. The van der Waals surface area contributed by atoms with Crippen LogP contribution in [0.15, 0.2) is 54.6 Å². The molecule has 0 bridgehead atoms. The smallest absolute Gasteiger partial charge is 0.151 e. The predicted molar refractivity (Wildman–Crippen MR) is 135 cm³/mol. The van der Waals surface area contributed by atoms with Crippen LogP contribution in [0.1, 0.15) is 45.1 Å². The summed E-state index contributed by atoms with van der Waals surface area (Å²) in [7, 11) is 0. The summed E-state index contributed by atoms with van der Waals surface area (Å²) < 4.78 is 2.56. The molecule has 5 rings (SSSR count). The lowest BCUT2D eigenvalue weighted by atomic mass is 10.1. The number of hydrogen-bond donors (Lipinski definition) is 0. The van der Waals surface area contributed by atoms with Gasteiger partial charge in [-0.05, 0) is 36.8 Å². The van der Waals surface area contributed by atoms with E-state index in [1.807, 2.05) is 37.3 Å². The fourth-order valence-electron chi connectivity index (χ4n) is 3.67. The Bertz CT molecular complexity index is 1350. The molecule has 0 fully saturated rings. The van der Waals surface area contributed by atoms with Gasteiger partial charge in [0, 0.05) is 62.6 Å². The van der Waals surface area contributed by atoms with E-state index in [-0.39, 0.29) is 0 Å². The van der Waals surface area contributed by atoms with Crippen LogP contribution in [0.4, 0.5) is 0 Å². The van der Waals surface area contributed by atoms with Crippen molar-refractivity contribution in [3.63, 3.8) is 0 Å². The van der Waals surface area contributed by atoms with E-state index >= 15 is 0 Å². The number of thiophene rings is 4. The van der Waals surface area contributed by atoms with Crippen LogP contribution in [0.5, 0.6) is 0 Å². The zero-order valence-corrected chi connectivity index (χ0v) is 20.0. The van der Waals surface area contributed by atoms with Crippen molar-refractivity contribution < 1.29 is 9.59 Å². The molecule has 0 spiro atoms. The van der Waals surface area contributed by atoms with Crippen LogP contribution in [-0.2, 0) is 12.8 Å². The van der Waals surface area contributed by atoms with Gasteiger partial charge in [-0.15, -0.1) is 45.3 Å². The first-order valence-electron chi connectivity index (χ1n) is 9.82. The topological polar surface area (TPSA) is 34.1 Å². The molecular weight excluding hydrogens is 461 g/mol. The molecule has 0 aliphatic heterocycles. The fraction of sp³-hybridized carbons (Fsp3) is 0.120. The molecule has 6 heteroatoms. The number of hydrogen-bond acceptors (Lipinski definition) is 6. The fourth-order valence-corrected chi connectivity index (χ4v) is 8.51. The SMILES string of the molecule is Cc1cc(C=O)c(Cc2cc3sc(Cc4sc(-c5ccccc5)cc4C=O)cc3s2)s1. The summed E-state index contributed by atoms with van der Waals surface area (Å²) in [5.41, 5.74) is 2.75. The molecule has 31 heavy (non-hydrogen) atoms. The molecule has 0 saturated heterocycles. The predicted octanol–water partition coefficient (Wildman–Crippen LogP) is 7.87. The van der Waals surface area contributed by atoms with Crippen LogP contribution in [0.2, 0.25) is 0 Å². The van der Waals surface area contributed by atoms with Crippen molar-refractivity contribution in [1.29, 1.82) is 0 Å². The number of carbonyl (C=O) groups is 2. The molecule has 4 heterocycles. The minimum absolute atomic E-state index is 0.784. The van der Waals surface area contributed by atoms with E-state index in [2.05, 4.69) is 24.3 Å². The maximum atomic E-state index is 11.6. The first-order valence-corrected chi connectivity index (χ1v) is 13.1. The van der Waals surface area contributed by atoms with Gasteiger partial charge in [-0.25, -0.2) is 0 Å². The lowest BCUT2D eigenvalue weighted by Crippen LogP contribution is -1.86. The van der Waals surface area contributed by atoms with Crippen LogP contribution in [-0.4, -0.2) is 12.6 Å². The molecule has 0 radical (unpaired) electrons. The van der Waals surface area contributed by atoms with E-state index in [4.69, 9.17) is 0 Å². The second kappa shape index (κ2) is 8.63. The molecule has 0 aliphatic rings. The first-order chi connectivity index (χ1) is 15.1. The maximum absolute atomic E-state index is 11.6. The largest absolute Gasteiger partial charge is 0.298 e. The zero-order chi connectivity index (χ0) is 21.4. The monoisotopic (exact) mass is 478 g/mol. The lowest BCUT2D eigenvalue weighted by molar-refractivity contribution is 0.111. The third kappa shape index (κ3) is 4.21. The Labute approximate surface area is 196 Å². The second-order valence-electron chi connectivity index (χ2n) is 7.33. The Kier molecular flexibility index (Phi) is 5.71. The quantitative estimate of drug-likeness (QED) is 0.223. The molecule has 1 aromatic carbocycles. The van der Waals surface area contributed by atoms with Gasteiger partial charge in [0.15, 0.2) is 12.6 Å². The molecule has 0 aliphatic carbocycles. The lowest BCUT2D eigenvalue weighted by Gasteiger charge is -1.97. The standard InChI is InChI=1S/C25H18O2S4/c1-15-7-17(13-26)22(28-15)9-19-11-24-25(29-19)12-20(30-24)10-23-18(14-27)8-21(31-23)16-5-3-2-4-6-16/h2-8,11-14H,9-10H2,1H3. The van der Waals surface area contributed by atoms with E-state index in [9.17, 15) is 9.59 Å². The summed E-state index contributed by atoms with van der Waals surface area (Å²) in [4.78, 5) is 30.1. The summed E-state index contributed by atoms with van der Waals surface area (Å²) in [6.07, 6.45) is 3.53. The van der Waals surface area contributed by atoms with Gasteiger partial charge in [-0.2, -0.15) is 0 Å². The second-order valence-corrected chi connectivity index (χ2v) is 12.1. The molecule has 0 saturated carbocycles. The highest BCUT2D eigenvalue weighted by molar-refractivity contribution is 7.28. The maximum Gasteiger partial charge on any atom is 0.151 e. The third-order valence-corrected chi connectivity index (χ3v) is 9.66. The molecular formula is C25H18O2S4. The third-order valence-electron chi connectivity index (χ3n) is 5.10. The number of aryl methyl sites for hydroxylation is 1. The van der Waals surface area contributed by atoms with Gasteiger partial charge in [0.05, 0.1) is 0 Å². The number of rotatable bonds is 7. The Balaban J connectivity index is 1.38. The van der Waals surface area contributed by atoms with E-state index < -0.39 is 0 Å². The average molecular weight is 479 g/mol. The number of benzene rings is 1. The van der Waals surface area contributed by atoms with Gasteiger partial charge in [0.25, 0.3) is 0 Å². The van der Waals surface area contributed by atoms with Gasteiger partial charge in [0.2, 0.25) is 0 Å². The van der Waals surface area contributed by atoms with Gasteiger partial charge in [-0.1, -0.05) is 30.3 Å². The van der Waals surface area contributed by atoms with E-state index in [1.165, 1.54) is 24.0 Å². The van der Waals surface area contributed by atoms with Gasteiger partial charge in [-0.3, -0.25) is 9.59 Å². The Hall–Kier alpha value is -2.38. The molecule has 4 aromatic heterocycles. The van der Waals surface area contributed by atoms with E-state index in [0.717, 1.165) is 56.7 Å². The highest BCUT2D eigenvalue weighted by Gasteiger charge is 2.15. The number of fused-ring (bicyclic) bond motifs is 1. The van der Waals surface area contributed by atoms with Crippen molar-refractivity contribution in [1.82, 2.24) is 0 Å². The molecule has 5 aromatic rings. The molecule has 0 atom stereocenters. The Morgan fingerprint density at radius 3 is 1.90 bits per heavy atom. The van der Waals surface area contributed by atoms with Crippen LogP contribution in [0.3, 0.4) is 0 Å². The highest BCUT2D eigenvalue weighted by atomic mass is 32.1. The minimum atomic E-state index is 0.784. The molecule has 2 nitrogen and oxygen atoms in total. The summed E-state index contributed by atoms with van der Waals surface area (Å²) in [6, 6.07) is 18.7. The van der Waals surface area contributed by atoms with E-state index in [0.29, 0.717) is 0 Å². The summed E-state index contributed by atoms with van der Waals surface area (Å²) >= 11 is 7.00. The molecule has 0 amide bonds. The number of carbonyl (C=O) groups excluding carboxylic acids is 2. The normalized spacial score (nSPS) is 11.3. The summed E-state index contributed by atoms with van der Waals surface area (Å²) in [6.45, 7) is 2.04. The molecule has 0 N–H and O–H groups in total. The van der Waals surface area contributed by atoms with Crippen molar-refractivity contribution in [2.75, 3.05) is 0 Å². The van der Waals surface area contributed by atoms with Crippen molar-refractivity contribution >= 4 is 67.3 Å². The number of aldehydes is 2. The first kappa shape index (κ1) is 20.5. The molecule has 0 unspecified atom stereocenters. The van der Waals surface area contributed by atoms with Crippen LogP contribution < -0.4 is 0 Å².